The van der Waals surface area contributed by atoms with E-state index in [9.17, 15) is 4.39 Å². The fourth-order valence-electron chi connectivity index (χ4n) is 1.67. The van der Waals surface area contributed by atoms with Gasteiger partial charge in [0.1, 0.15) is 5.82 Å². The first-order valence-corrected chi connectivity index (χ1v) is 6.79. The zero-order valence-corrected chi connectivity index (χ0v) is 11.8. The lowest BCUT2D eigenvalue weighted by Crippen LogP contribution is -1.91. The van der Waals surface area contributed by atoms with Crippen molar-refractivity contribution >= 4 is 39.1 Å². The molecule has 0 amide bonds. The van der Waals surface area contributed by atoms with Gasteiger partial charge in [-0.3, -0.25) is 0 Å². The Bertz CT molecular complexity index is 535. The SMILES string of the molecule is Fc1cccc(-c2cc(Cl)cc(Cl)c2)c1CBr. The molecule has 4 heteroatoms. The Morgan fingerprint density at radius 2 is 1.71 bits per heavy atom. The highest BCUT2D eigenvalue weighted by Crippen LogP contribution is 2.31. The zero-order valence-electron chi connectivity index (χ0n) is 8.68. The first-order chi connectivity index (χ1) is 8.11. The summed E-state index contributed by atoms with van der Waals surface area (Å²) in [5.41, 5.74) is 2.22. The average Bonchev–Trinajstić information content (AvgIpc) is 2.27. The number of hydrogen-bond acceptors (Lipinski definition) is 0. The summed E-state index contributed by atoms with van der Waals surface area (Å²) < 4.78 is 13.6. The molecule has 0 bridgehead atoms. The van der Waals surface area contributed by atoms with Gasteiger partial charge in [-0.05, 0) is 35.4 Å². The quantitative estimate of drug-likeness (QED) is 0.619. The highest BCUT2D eigenvalue weighted by atomic mass is 79.9. The van der Waals surface area contributed by atoms with Gasteiger partial charge in [0.2, 0.25) is 0 Å². The van der Waals surface area contributed by atoms with Crippen molar-refractivity contribution in [3.05, 3.63) is 57.8 Å². The molecule has 0 spiro atoms. The molecule has 0 aliphatic carbocycles. The van der Waals surface area contributed by atoms with E-state index in [4.69, 9.17) is 23.2 Å². The van der Waals surface area contributed by atoms with E-state index in [2.05, 4.69) is 15.9 Å². The van der Waals surface area contributed by atoms with E-state index in [1.54, 1.807) is 24.3 Å². The summed E-state index contributed by atoms with van der Waals surface area (Å²) in [5.74, 6) is -0.240. The van der Waals surface area contributed by atoms with E-state index in [0.29, 0.717) is 20.9 Å². The third-order valence-electron chi connectivity index (χ3n) is 2.43. The van der Waals surface area contributed by atoms with Crippen LogP contribution in [-0.4, -0.2) is 0 Å². The van der Waals surface area contributed by atoms with Crippen molar-refractivity contribution in [2.24, 2.45) is 0 Å². The normalized spacial score (nSPS) is 10.6. The van der Waals surface area contributed by atoms with Crippen molar-refractivity contribution in [2.75, 3.05) is 0 Å². The van der Waals surface area contributed by atoms with Crippen molar-refractivity contribution in [3.8, 4) is 11.1 Å². The van der Waals surface area contributed by atoms with Crippen LogP contribution >= 0.6 is 39.1 Å². The number of hydrogen-bond donors (Lipinski definition) is 0. The van der Waals surface area contributed by atoms with Gasteiger partial charge in [0.15, 0.2) is 0 Å². The number of alkyl halides is 1. The van der Waals surface area contributed by atoms with Crippen molar-refractivity contribution < 1.29 is 4.39 Å². The van der Waals surface area contributed by atoms with Gasteiger partial charge in [-0.1, -0.05) is 51.3 Å². The van der Waals surface area contributed by atoms with Crippen LogP contribution in [0.5, 0.6) is 0 Å². The second-order valence-electron chi connectivity index (χ2n) is 3.56. The van der Waals surface area contributed by atoms with E-state index in [1.165, 1.54) is 6.07 Å². The Kier molecular flexibility index (Phi) is 4.08. The molecule has 88 valence electrons. The Morgan fingerprint density at radius 1 is 1.06 bits per heavy atom. The molecule has 17 heavy (non-hydrogen) atoms. The van der Waals surface area contributed by atoms with Crippen LogP contribution in [0.1, 0.15) is 5.56 Å². The largest absolute Gasteiger partial charge is 0.207 e. The Labute approximate surface area is 117 Å². The van der Waals surface area contributed by atoms with Gasteiger partial charge < -0.3 is 0 Å². The molecule has 0 nitrogen and oxygen atoms in total. The minimum Gasteiger partial charge on any atom is -0.207 e. The summed E-state index contributed by atoms with van der Waals surface area (Å²) in [6, 6.07) is 10.2. The predicted molar refractivity (Wildman–Crippen MR) is 74.5 cm³/mol. The van der Waals surface area contributed by atoms with Crippen LogP contribution in [-0.2, 0) is 5.33 Å². The summed E-state index contributed by atoms with van der Waals surface area (Å²) in [6.45, 7) is 0. The monoisotopic (exact) mass is 332 g/mol. The van der Waals surface area contributed by atoms with Crippen LogP contribution in [0.25, 0.3) is 11.1 Å². The fourth-order valence-corrected chi connectivity index (χ4v) is 2.77. The molecule has 0 unspecified atom stereocenters. The maximum absolute atomic E-state index is 13.6. The van der Waals surface area contributed by atoms with E-state index < -0.39 is 0 Å². The third kappa shape index (κ3) is 2.82. The lowest BCUT2D eigenvalue weighted by Gasteiger charge is -2.09. The lowest BCUT2D eigenvalue weighted by molar-refractivity contribution is 0.618. The van der Waals surface area contributed by atoms with Gasteiger partial charge >= 0.3 is 0 Å². The Hall–Kier alpha value is -0.570. The molecule has 0 saturated carbocycles. The molecule has 0 aliphatic heterocycles. The molecular weight excluding hydrogens is 326 g/mol. The van der Waals surface area contributed by atoms with E-state index in [0.717, 1.165) is 11.1 Å². The van der Waals surface area contributed by atoms with Crippen molar-refractivity contribution in [1.82, 2.24) is 0 Å². The van der Waals surface area contributed by atoms with Crippen LogP contribution in [0.3, 0.4) is 0 Å². The highest BCUT2D eigenvalue weighted by molar-refractivity contribution is 9.08. The standard InChI is InChI=1S/C13H8BrCl2F/c14-7-12-11(2-1-3-13(12)17)8-4-9(15)6-10(16)5-8/h1-6H,7H2. The molecule has 2 aromatic rings. The summed E-state index contributed by atoms with van der Waals surface area (Å²) in [7, 11) is 0. The first kappa shape index (κ1) is 12.9. The smallest absolute Gasteiger partial charge is 0.127 e. The molecule has 0 saturated heterocycles. The van der Waals surface area contributed by atoms with E-state index >= 15 is 0 Å². The Morgan fingerprint density at radius 3 is 2.29 bits per heavy atom. The predicted octanol–water partition coefficient (Wildman–Crippen LogP) is 5.69. The van der Waals surface area contributed by atoms with Crippen molar-refractivity contribution in [1.29, 1.82) is 0 Å². The molecule has 2 rings (SSSR count). The molecular formula is C13H8BrCl2F. The Balaban J connectivity index is 2.63. The van der Waals surface area contributed by atoms with Crippen LogP contribution in [0.15, 0.2) is 36.4 Å². The molecule has 0 fully saturated rings. The minimum atomic E-state index is -0.240. The number of rotatable bonds is 2. The zero-order chi connectivity index (χ0) is 12.4. The average molecular weight is 334 g/mol. The molecule has 0 heterocycles. The maximum atomic E-state index is 13.6. The van der Waals surface area contributed by atoms with Gasteiger partial charge in [-0.25, -0.2) is 4.39 Å². The van der Waals surface area contributed by atoms with Crippen LogP contribution < -0.4 is 0 Å². The summed E-state index contributed by atoms with van der Waals surface area (Å²) in [6.07, 6.45) is 0. The summed E-state index contributed by atoms with van der Waals surface area (Å²) >= 11 is 15.2. The molecule has 0 aromatic heterocycles. The van der Waals surface area contributed by atoms with E-state index in [1.807, 2.05) is 6.07 Å². The number of benzene rings is 2. The molecule has 2 aromatic carbocycles. The summed E-state index contributed by atoms with van der Waals surface area (Å²) in [4.78, 5) is 0. The second kappa shape index (κ2) is 5.38. The molecule has 0 atom stereocenters. The van der Waals surface area contributed by atoms with Crippen molar-refractivity contribution in [3.63, 3.8) is 0 Å². The summed E-state index contributed by atoms with van der Waals surface area (Å²) in [5, 5.41) is 1.52. The van der Waals surface area contributed by atoms with Crippen LogP contribution in [0.4, 0.5) is 4.39 Å². The van der Waals surface area contributed by atoms with Gasteiger partial charge in [-0.15, -0.1) is 0 Å². The fraction of sp³-hybridized carbons (Fsp3) is 0.0769. The lowest BCUT2D eigenvalue weighted by atomic mass is 10.0. The highest BCUT2D eigenvalue weighted by Gasteiger charge is 2.10. The topological polar surface area (TPSA) is 0 Å². The van der Waals surface area contributed by atoms with Gasteiger partial charge in [0.25, 0.3) is 0 Å². The van der Waals surface area contributed by atoms with Crippen LogP contribution in [0.2, 0.25) is 10.0 Å². The first-order valence-electron chi connectivity index (χ1n) is 4.91. The minimum absolute atomic E-state index is 0.240. The third-order valence-corrected chi connectivity index (χ3v) is 3.42. The second-order valence-corrected chi connectivity index (χ2v) is 4.99. The van der Waals surface area contributed by atoms with Crippen LogP contribution in [0, 0.1) is 5.82 Å². The molecule has 0 aliphatic rings. The molecule has 0 radical (unpaired) electrons. The van der Waals surface area contributed by atoms with Crippen molar-refractivity contribution in [2.45, 2.75) is 5.33 Å². The maximum Gasteiger partial charge on any atom is 0.127 e. The van der Waals surface area contributed by atoms with Gasteiger partial charge in [-0.2, -0.15) is 0 Å². The van der Waals surface area contributed by atoms with Gasteiger partial charge in [0, 0.05) is 20.9 Å². The van der Waals surface area contributed by atoms with E-state index in [-0.39, 0.29) is 5.82 Å². The van der Waals surface area contributed by atoms with Gasteiger partial charge in [0.05, 0.1) is 0 Å². The number of halogens is 4. The molecule has 0 N–H and O–H groups in total.